The third-order valence-electron chi connectivity index (χ3n) is 5.86. The number of thioether (sulfide) groups is 1. The van der Waals surface area contributed by atoms with Crippen molar-refractivity contribution in [3.8, 4) is 23.0 Å². The molecule has 0 bridgehead atoms. The molecule has 1 fully saturated rings. The number of benzene rings is 3. The highest BCUT2D eigenvalue weighted by Gasteiger charge is 2.36. The van der Waals surface area contributed by atoms with E-state index in [0.29, 0.717) is 39.5 Å². The normalized spacial score (nSPS) is 17.6. The summed E-state index contributed by atoms with van der Waals surface area (Å²) in [7, 11) is 3.17. The molecule has 1 saturated heterocycles. The standard InChI is InChI=1S/C27H25N3O6S/c1-33-20-8-4-18(5-9-20)28-26(32)24-14-25(31)30(15-17-3-12-22-23(13-17)36-16-35-22)27(37-24)29-19-6-10-21(34-2)11-7-19/h3-13,24H,14-16H2,1-2H3,(H,28,32). The Hall–Kier alpha value is -4.18. The lowest BCUT2D eigenvalue weighted by atomic mass is 10.1. The Bertz CT molecular complexity index is 1330. The van der Waals surface area contributed by atoms with Gasteiger partial charge in [0.25, 0.3) is 0 Å². The molecule has 1 unspecified atom stereocenters. The SMILES string of the molecule is COc1ccc(N=C2SC(C(=O)Nc3ccc(OC)cc3)CC(=O)N2Cc2ccc3c(c2)OCO3)cc1. The predicted octanol–water partition coefficient (Wildman–Crippen LogP) is 4.59. The van der Waals surface area contributed by atoms with Crippen LogP contribution in [0.15, 0.2) is 71.7 Å². The first-order chi connectivity index (χ1) is 18.0. The number of methoxy groups -OCH3 is 2. The molecular formula is C27H25N3O6S. The maximum Gasteiger partial charge on any atom is 0.238 e. The van der Waals surface area contributed by atoms with Gasteiger partial charge in [-0.25, -0.2) is 4.99 Å². The molecule has 2 aliphatic heterocycles. The van der Waals surface area contributed by atoms with Crippen molar-refractivity contribution in [2.45, 2.75) is 18.2 Å². The quantitative estimate of drug-likeness (QED) is 0.487. The minimum absolute atomic E-state index is 0.0405. The van der Waals surface area contributed by atoms with Gasteiger partial charge in [0, 0.05) is 12.1 Å². The van der Waals surface area contributed by atoms with E-state index in [1.165, 1.54) is 11.8 Å². The smallest absolute Gasteiger partial charge is 0.238 e. The van der Waals surface area contributed by atoms with E-state index in [-0.39, 0.29) is 31.6 Å². The maximum atomic E-state index is 13.3. The van der Waals surface area contributed by atoms with Crippen LogP contribution in [-0.4, -0.2) is 48.1 Å². The molecule has 37 heavy (non-hydrogen) atoms. The van der Waals surface area contributed by atoms with Crippen molar-refractivity contribution in [1.29, 1.82) is 0 Å². The van der Waals surface area contributed by atoms with Crippen molar-refractivity contribution >= 4 is 40.1 Å². The third kappa shape index (κ3) is 5.64. The maximum absolute atomic E-state index is 13.3. The molecule has 10 heteroatoms. The molecule has 3 aromatic rings. The highest BCUT2D eigenvalue weighted by atomic mass is 32.2. The van der Waals surface area contributed by atoms with Gasteiger partial charge in [-0.3, -0.25) is 14.5 Å². The molecule has 3 aromatic carbocycles. The predicted molar refractivity (Wildman–Crippen MR) is 141 cm³/mol. The zero-order chi connectivity index (χ0) is 25.8. The Balaban J connectivity index is 1.39. The van der Waals surface area contributed by atoms with E-state index in [1.807, 2.05) is 18.2 Å². The fourth-order valence-corrected chi connectivity index (χ4v) is 4.98. The van der Waals surface area contributed by atoms with Crippen LogP contribution in [0.1, 0.15) is 12.0 Å². The Kier molecular flexibility index (Phi) is 7.18. The second kappa shape index (κ2) is 10.8. The molecule has 9 nitrogen and oxygen atoms in total. The van der Waals surface area contributed by atoms with Crippen LogP contribution in [0.4, 0.5) is 11.4 Å². The number of fused-ring (bicyclic) bond motifs is 1. The molecule has 190 valence electrons. The highest BCUT2D eigenvalue weighted by Crippen LogP contribution is 2.35. The fourth-order valence-electron chi connectivity index (χ4n) is 3.88. The minimum atomic E-state index is -0.639. The number of amidine groups is 1. The number of ether oxygens (including phenoxy) is 4. The van der Waals surface area contributed by atoms with Gasteiger partial charge < -0.3 is 24.3 Å². The van der Waals surface area contributed by atoms with Gasteiger partial charge in [-0.15, -0.1) is 0 Å². The first-order valence-corrected chi connectivity index (χ1v) is 12.4. The van der Waals surface area contributed by atoms with E-state index in [4.69, 9.17) is 23.9 Å². The van der Waals surface area contributed by atoms with Crippen molar-refractivity contribution in [3.05, 3.63) is 72.3 Å². The minimum Gasteiger partial charge on any atom is -0.497 e. The van der Waals surface area contributed by atoms with E-state index in [0.717, 1.165) is 5.56 Å². The van der Waals surface area contributed by atoms with Crippen molar-refractivity contribution in [2.75, 3.05) is 26.3 Å². The molecule has 0 radical (unpaired) electrons. The number of carbonyl (C=O) groups is 2. The first kappa shape index (κ1) is 24.5. The van der Waals surface area contributed by atoms with Crippen molar-refractivity contribution in [3.63, 3.8) is 0 Å². The summed E-state index contributed by atoms with van der Waals surface area (Å²) in [5, 5.41) is 2.69. The van der Waals surface area contributed by atoms with Gasteiger partial charge in [-0.05, 0) is 66.2 Å². The van der Waals surface area contributed by atoms with Crippen LogP contribution in [0.5, 0.6) is 23.0 Å². The van der Waals surface area contributed by atoms with Crippen LogP contribution in [0.3, 0.4) is 0 Å². The second-order valence-electron chi connectivity index (χ2n) is 8.29. The molecule has 2 aliphatic rings. The molecular weight excluding hydrogens is 494 g/mol. The number of amides is 2. The van der Waals surface area contributed by atoms with Gasteiger partial charge in [0.1, 0.15) is 16.7 Å². The number of hydrogen-bond donors (Lipinski definition) is 1. The molecule has 0 saturated carbocycles. The summed E-state index contributed by atoms with van der Waals surface area (Å²) >= 11 is 1.26. The lowest BCUT2D eigenvalue weighted by molar-refractivity contribution is -0.129. The van der Waals surface area contributed by atoms with Gasteiger partial charge in [-0.2, -0.15) is 0 Å². The number of anilines is 1. The summed E-state index contributed by atoms with van der Waals surface area (Å²) in [6.07, 6.45) is 0.0405. The molecule has 0 aromatic heterocycles. The molecule has 2 amide bonds. The summed E-state index contributed by atoms with van der Waals surface area (Å²) in [4.78, 5) is 32.8. The largest absolute Gasteiger partial charge is 0.497 e. The number of aliphatic imine (C=N–C) groups is 1. The van der Waals surface area contributed by atoms with Crippen LogP contribution in [0.25, 0.3) is 0 Å². The van der Waals surface area contributed by atoms with Crippen molar-refractivity contribution in [2.24, 2.45) is 4.99 Å². The van der Waals surface area contributed by atoms with E-state index in [2.05, 4.69) is 5.32 Å². The van der Waals surface area contributed by atoms with Gasteiger partial charge in [0.05, 0.1) is 26.5 Å². The molecule has 1 N–H and O–H groups in total. The fraction of sp³-hybridized carbons (Fsp3) is 0.222. The summed E-state index contributed by atoms with van der Waals surface area (Å²) in [5.41, 5.74) is 2.13. The van der Waals surface area contributed by atoms with Gasteiger partial charge in [0.2, 0.25) is 18.6 Å². The number of carbonyl (C=O) groups excluding carboxylic acids is 2. The van der Waals surface area contributed by atoms with Crippen molar-refractivity contribution < 1.29 is 28.5 Å². The molecule has 2 heterocycles. The molecule has 0 spiro atoms. The van der Waals surface area contributed by atoms with E-state index in [9.17, 15) is 9.59 Å². The summed E-state index contributed by atoms with van der Waals surface area (Å²) in [5.74, 6) is 2.23. The van der Waals surface area contributed by atoms with Crippen LogP contribution < -0.4 is 24.3 Å². The van der Waals surface area contributed by atoms with Gasteiger partial charge >= 0.3 is 0 Å². The van der Waals surface area contributed by atoms with E-state index >= 15 is 0 Å². The van der Waals surface area contributed by atoms with E-state index in [1.54, 1.807) is 67.7 Å². The Morgan fingerprint density at radius 2 is 1.68 bits per heavy atom. The average molecular weight is 520 g/mol. The van der Waals surface area contributed by atoms with Crippen LogP contribution in [0, 0.1) is 0 Å². The van der Waals surface area contributed by atoms with Gasteiger partial charge in [-0.1, -0.05) is 17.8 Å². The Labute approximate surface area is 218 Å². The zero-order valence-electron chi connectivity index (χ0n) is 20.3. The highest BCUT2D eigenvalue weighted by molar-refractivity contribution is 8.15. The first-order valence-electron chi connectivity index (χ1n) is 11.6. The molecule has 5 rings (SSSR count). The lowest BCUT2D eigenvalue weighted by Crippen LogP contribution is -2.44. The topological polar surface area (TPSA) is 98.7 Å². The van der Waals surface area contributed by atoms with Crippen LogP contribution in [-0.2, 0) is 16.1 Å². The van der Waals surface area contributed by atoms with Crippen molar-refractivity contribution in [1.82, 2.24) is 4.90 Å². The van der Waals surface area contributed by atoms with E-state index < -0.39 is 5.25 Å². The summed E-state index contributed by atoms with van der Waals surface area (Å²) < 4.78 is 21.3. The molecule has 0 aliphatic carbocycles. The third-order valence-corrected chi connectivity index (χ3v) is 7.05. The Morgan fingerprint density at radius 3 is 2.38 bits per heavy atom. The number of hydrogen-bond acceptors (Lipinski definition) is 8. The number of nitrogens with one attached hydrogen (secondary N) is 1. The van der Waals surface area contributed by atoms with Crippen LogP contribution in [0.2, 0.25) is 0 Å². The lowest BCUT2D eigenvalue weighted by Gasteiger charge is -2.32. The van der Waals surface area contributed by atoms with Crippen LogP contribution >= 0.6 is 11.8 Å². The molecule has 1 atom stereocenters. The number of nitrogens with zero attached hydrogens (tertiary/aromatic N) is 2. The zero-order valence-corrected chi connectivity index (χ0v) is 21.1. The van der Waals surface area contributed by atoms with Gasteiger partial charge in [0.15, 0.2) is 16.7 Å². The number of rotatable bonds is 7. The second-order valence-corrected chi connectivity index (χ2v) is 9.46. The average Bonchev–Trinajstić information content (AvgIpc) is 3.39. The summed E-state index contributed by atoms with van der Waals surface area (Å²) in [6.45, 7) is 0.455. The monoisotopic (exact) mass is 519 g/mol. The summed E-state index contributed by atoms with van der Waals surface area (Å²) in [6, 6.07) is 19.8. The Morgan fingerprint density at radius 1 is 1.00 bits per heavy atom.